The predicted molar refractivity (Wildman–Crippen MR) is 111 cm³/mol. The van der Waals surface area contributed by atoms with Crippen molar-refractivity contribution >= 4 is 37.4 Å². The summed E-state index contributed by atoms with van der Waals surface area (Å²) in [7, 11) is -2.17. The molecule has 0 aliphatic heterocycles. The van der Waals surface area contributed by atoms with Crippen molar-refractivity contribution in [2.24, 2.45) is 0 Å². The molecule has 2 aromatic heterocycles. The normalized spacial score (nSPS) is 11.5. The number of thiazole rings is 1. The molecule has 2 heterocycles. The van der Waals surface area contributed by atoms with E-state index in [4.69, 9.17) is 4.74 Å². The highest BCUT2D eigenvalue weighted by Gasteiger charge is 2.16. The zero-order valence-corrected chi connectivity index (χ0v) is 16.8. The summed E-state index contributed by atoms with van der Waals surface area (Å²) in [6, 6.07) is 15.7. The molecule has 6 nitrogen and oxygen atoms in total. The van der Waals surface area contributed by atoms with Crippen molar-refractivity contribution < 1.29 is 13.2 Å². The highest BCUT2D eigenvalue weighted by Crippen LogP contribution is 2.31. The summed E-state index contributed by atoms with van der Waals surface area (Å²) in [6.45, 7) is 1.81. The van der Waals surface area contributed by atoms with Gasteiger partial charge in [-0.1, -0.05) is 23.5 Å². The summed E-state index contributed by atoms with van der Waals surface area (Å²) in [4.78, 5) is 9.91. The van der Waals surface area contributed by atoms with Crippen molar-refractivity contribution in [2.45, 2.75) is 11.8 Å². The van der Waals surface area contributed by atoms with E-state index in [1.807, 2.05) is 18.2 Å². The number of nitrogens with zero attached hydrogens (tertiary/aromatic N) is 2. The number of aryl methyl sites for hydroxylation is 1. The second-order valence-corrected chi connectivity index (χ2v) is 8.82. The van der Waals surface area contributed by atoms with E-state index in [9.17, 15) is 8.42 Å². The van der Waals surface area contributed by atoms with Gasteiger partial charge in [-0.15, -0.1) is 0 Å². The number of rotatable bonds is 5. The Morgan fingerprint density at radius 3 is 2.68 bits per heavy atom. The van der Waals surface area contributed by atoms with Gasteiger partial charge in [0.1, 0.15) is 21.1 Å². The first-order valence-electron chi connectivity index (χ1n) is 8.46. The van der Waals surface area contributed by atoms with Crippen LogP contribution >= 0.6 is 11.3 Å². The highest BCUT2D eigenvalue weighted by atomic mass is 32.2. The first kappa shape index (κ1) is 18.4. The van der Waals surface area contributed by atoms with Crippen molar-refractivity contribution in [3.05, 3.63) is 66.4 Å². The summed E-state index contributed by atoms with van der Waals surface area (Å²) in [5.41, 5.74) is 2.87. The van der Waals surface area contributed by atoms with Gasteiger partial charge < -0.3 is 4.74 Å². The molecule has 0 unspecified atom stereocenters. The fourth-order valence-electron chi connectivity index (χ4n) is 2.84. The van der Waals surface area contributed by atoms with E-state index in [2.05, 4.69) is 14.7 Å². The minimum absolute atomic E-state index is 0.181. The van der Waals surface area contributed by atoms with Crippen LogP contribution in [0.2, 0.25) is 0 Å². The minimum atomic E-state index is -3.72. The lowest BCUT2D eigenvalue weighted by Crippen LogP contribution is -2.13. The molecule has 0 bridgehead atoms. The molecule has 0 aliphatic rings. The Morgan fingerprint density at radius 1 is 1.07 bits per heavy atom. The Bertz CT molecular complexity index is 1230. The number of aromatic nitrogens is 2. The maximum absolute atomic E-state index is 12.8. The molecule has 4 rings (SSSR count). The lowest BCUT2D eigenvalue weighted by molar-refractivity contribution is 0.411. The Balaban J connectivity index is 1.65. The fourth-order valence-corrected chi connectivity index (χ4v) is 4.88. The van der Waals surface area contributed by atoms with Crippen LogP contribution in [-0.4, -0.2) is 25.5 Å². The molecule has 1 N–H and O–H groups in total. The molecule has 4 aromatic rings. The van der Waals surface area contributed by atoms with Gasteiger partial charge in [-0.05, 0) is 55.0 Å². The van der Waals surface area contributed by atoms with Gasteiger partial charge in [-0.3, -0.25) is 4.72 Å². The van der Waals surface area contributed by atoms with Crippen molar-refractivity contribution in [2.75, 3.05) is 11.8 Å². The lowest BCUT2D eigenvalue weighted by Gasteiger charge is -2.11. The van der Waals surface area contributed by atoms with Gasteiger partial charge in [0.2, 0.25) is 0 Å². The standard InChI is InChI=1S/C20H17N3O3S2/c1-13-11-16(8-9-18(13)26-2)28(24,25)23-15-6-3-5-14(12-15)19-22-17-7-4-10-21-20(17)27-19/h3-12,23H,1-2H3. The average molecular weight is 412 g/mol. The molecule has 2 aromatic carbocycles. The largest absolute Gasteiger partial charge is 0.496 e. The van der Waals surface area contributed by atoms with E-state index in [0.29, 0.717) is 11.4 Å². The van der Waals surface area contributed by atoms with Crippen LogP contribution in [0.1, 0.15) is 5.56 Å². The SMILES string of the molecule is COc1ccc(S(=O)(=O)Nc2cccc(-c3nc4cccnc4s3)c2)cc1C. The van der Waals surface area contributed by atoms with E-state index < -0.39 is 10.0 Å². The molecule has 0 radical (unpaired) electrons. The molecule has 0 saturated carbocycles. The van der Waals surface area contributed by atoms with E-state index in [1.54, 1.807) is 50.6 Å². The minimum Gasteiger partial charge on any atom is -0.496 e. The van der Waals surface area contributed by atoms with E-state index >= 15 is 0 Å². The van der Waals surface area contributed by atoms with E-state index in [1.165, 1.54) is 17.4 Å². The van der Waals surface area contributed by atoms with Gasteiger partial charge in [0.05, 0.1) is 12.0 Å². The lowest BCUT2D eigenvalue weighted by atomic mass is 10.2. The Hall–Kier alpha value is -2.97. The second-order valence-electron chi connectivity index (χ2n) is 6.16. The third kappa shape index (κ3) is 3.56. The molecule has 8 heteroatoms. The number of sulfonamides is 1. The fraction of sp³-hybridized carbons (Fsp3) is 0.100. The van der Waals surface area contributed by atoms with Gasteiger partial charge >= 0.3 is 0 Å². The summed E-state index contributed by atoms with van der Waals surface area (Å²) in [5.74, 6) is 0.644. The number of ether oxygens (including phenoxy) is 1. The molecule has 0 amide bonds. The molecule has 0 spiro atoms. The molecule has 0 fully saturated rings. The highest BCUT2D eigenvalue weighted by molar-refractivity contribution is 7.92. The molecular formula is C20H17N3O3S2. The monoisotopic (exact) mass is 411 g/mol. The van der Waals surface area contributed by atoms with Crippen LogP contribution in [0.3, 0.4) is 0 Å². The average Bonchev–Trinajstić information content (AvgIpc) is 3.12. The van der Waals surface area contributed by atoms with Crippen LogP contribution in [-0.2, 0) is 10.0 Å². The number of hydrogen-bond acceptors (Lipinski definition) is 6. The maximum Gasteiger partial charge on any atom is 0.261 e. The van der Waals surface area contributed by atoms with Crippen molar-refractivity contribution in [1.82, 2.24) is 9.97 Å². The number of benzene rings is 2. The first-order chi connectivity index (χ1) is 13.5. The third-order valence-electron chi connectivity index (χ3n) is 4.20. The molecule has 28 heavy (non-hydrogen) atoms. The number of methoxy groups -OCH3 is 1. The zero-order chi connectivity index (χ0) is 19.7. The Kier molecular flexibility index (Phi) is 4.74. The Labute approximate surface area is 166 Å². The number of hydrogen-bond donors (Lipinski definition) is 1. The van der Waals surface area contributed by atoms with Crippen molar-refractivity contribution in [3.63, 3.8) is 0 Å². The van der Waals surface area contributed by atoms with Gasteiger partial charge in [-0.25, -0.2) is 18.4 Å². The maximum atomic E-state index is 12.8. The van der Waals surface area contributed by atoms with Gasteiger partial charge in [-0.2, -0.15) is 0 Å². The third-order valence-corrected chi connectivity index (χ3v) is 6.61. The Morgan fingerprint density at radius 2 is 1.93 bits per heavy atom. The molecule has 0 atom stereocenters. The van der Waals surface area contributed by atoms with Crippen LogP contribution in [0.4, 0.5) is 5.69 Å². The van der Waals surface area contributed by atoms with Gasteiger partial charge in [0, 0.05) is 17.4 Å². The molecule has 0 aliphatic carbocycles. The number of nitrogens with one attached hydrogen (secondary N) is 1. The molecule has 0 saturated heterocycles. The van der Waals surface area contributed by atoms with E-state index in [0.717, 1.165) is 26.5 Å². The summed E-state index contributed by atoms with van der Waals surface area (Å²) in [5, 5.41) is 0.787. The summed E-state index contributed by atoms with van der Waals surface area (Å²) >= 11 is 1.47. The first-order valence-corrected chi connectivity index (χ1v) is 10.8. The summed E-state index contributed by atoms with van der Waals surface area (Å²) in [6.07, 6.45) is 1.73. The van der Waals surface area contributed by atoms with Crippen molar-refractivity contribution in [1.29, 1.82) is 0 Å². The van der Waals surface area contributed by atoms with E-state index in [-0.39, 0.29) is 4.90 Å². The number of anilines is 1. The molecular weight excluding hydrogens is 394 g/mol. The van der Waals surface area contributed by atoms with Crippen LogP contribution < -0.4 is 9.46 Å². The second kappa shape index (κ2) is 7.21. The van der Waals surface area contributed by atoms with Crippen LogP contribution in [0, 0.1) is 6.92 Å². The van der Waals surface area contributed by atoms with Crippen LogP contribution in [0.15, 0.2) is 65.7 Å². The van der Waals surface area contributed by atoms with Crippen LogP contribution in [0.5, 0.6) is 5.75 Å². The van der Waals surface area contributed by atoms with Gasteiger partial charge in [0.15, 0.2) is 0 Å². The topological polar surface area (TPSA) is 81.2 Å². The predicted octanol–water partition coefficient (Wildman–Crippen LogP) is 4.48. The van der Waals surface area contributed by atoms with Crippen LogP contribution in [0.25, 0.3) is 20.9 Å². The quantitative estimate of drug-likeness (QED) is 0.524. The number of pyridine rings is 1. The molecule has 142 valence electrons. The van der Waals surface area contributed by atoms with Gasteiger partial charge in [0.25, 0.3) is 10.0 Å². The van der Waals surface area contributed by atoms with Crippen molar-refractivity contribution in [3.8, 4) is 16.3 Å². The smallest absolute Gasteiger partial charge is 0.261 e. The zero-order valence-electron chi connectivity index (χ0n) is 15.2. The number of fused-ring (bicyclic) bond motifs is 1. The summed E-state index contributed by atoms with van der Waals surface area (Å²) < 4.78 is 33.4.